The minimum atomic E-state index is -1.03. The van der Waals surface area contributed by atoms with Crippen molar-refractivity contribution in [2.75, 3.05) is 0 Å². The van der Waals surface area contributed by atoms with Gasteiger partial charge < -0.3 is 14.4 Å². The first-order valence-corrected chi connectivity index (χ1v) is 6.77. The van der Waals surface area contributed by atoms with Gasteiger partial charge in [-0.15, -0.1) is 0 Å². The number of aromatic nitrogens is 2. The number of benzene rings is 1. The SMILES string of the molecule is O=C(O)c1cn(-c2cccc(OC3CCCC3)c2)cn1. The van der Waals surface area contributed by atoms with Crippen LogP contribution in [0.15, 0.2) is 36.8 Å². The summed E-state index contributed by atoms with van der Waals surface area (Å²) >= 11 is 0. The standard InChI is InChI=1S/C15H16N2O3/c18-15(19)14-9-17(10-16-14)11-4-3-7-13(8-11)20-12-5-1-2-6-12/h3-4,7-10,12H,1-2,5-6H2,(H,18,19). The molecule has 3 rings (SSSR count). The monoisotopic (exact) mass is 272 g/mol. The Balaban J connectivity index is 1.80. The summed E-state index contributed by atoms with van der Waals surface area (Å²) in [6.07, 6.45) is 7.98. The third-order valence-electron chi connectivity index (χ3n) is 3.52. The number of hydrogen-bond acceptors (Lipinski definition) is 3. The van der Waals surface area contributed by atoms with Gasteiger partial charge in [0.25, 0.3) is 0 Å². The van der Waals surface area contributed by atoms with E-state index in [1.54, 1.807) is 4.57 Å². The molecule has 0 aliphatic heterocycles. The fourth-order valence-corrected chi connectivity index (χ4v) is 2.49. The van der Waals surface area contributed by atoms with Crippen LogP contribution in [0.25, 0.3) is 5.69 Å². The first kappa shape index (κ1) is 12.7. The second-order valence-electron chi connectivity index (χ2n) is 4.99. The van der Waals surface area contributed by atoms with Gasteiger partial charge in [0.15, 0.2) is 5.69 Å². The van der Waals surface area contributed by atoms with Crippen molar-refractivity contribution >= 4 is 5.97 Å². The highest BCUT2D eigenvalue weighted by molar-refractivity contribution is 5.85. The van der Waals surface area contributed by atoms with Gasteiger partial charge in [-0.05, 0) is 37.8 Å². The summed E-state index contributed by atoms with van der Waals surface area (Å²) in [6.45, 7) is 0. The van der Waals surface area contributed by atoms with Gasteiger partial charge in [-0.2, -0.15) is 0 Å². The summed E-state index contributed by atoms with van der Waals surface area (Å²) in [6, 6.07) is 7.64. The smallest absolute Gasteiger partial charge is 0.356 e. The molecule has 1 aliphatic carbocycles. The van der Waals surface area contributed by atoms with Crippen molar-refractivity contribution < 1.29 is 14.6 Å². The Morgan fingerprint density at radius 1 is 1.35 bits per heavy atom. The largest absolute Gasteiger partial charge is 0.490 e. The van der Waals surface area contributed by atoms with E-state index in [1.165, 1.54) is 25.4 Å². The molecule has 0 atom stereocenters. The Morgan fingerprint density at radius 3 is 2.85 bits per heavy atom. The number of carbonyl (C=O) groups is 1. The average Bonchev–Trinajstić information content (AvgIpc) is 3.09. The lowest BCUT2D eigenvalue weighted by molar-refractivity contribution is 0.0691. The predicted octanol–water partition coefficient (Wildman–Crippen LogP) is 2.89. The Bertz CT molecular complexity index is 615. The summed E-state index contributed by atoms with van der Waals surface area (Å²) < 4.78 is 7.63. The van der Waals surface area contributed by atoms with Gasteiger partial charge >= 0.3 is 5.97 Å². The Morgan fingerprint density at radius 2 is 2.15 bits per heavy atom. The van der Waals surface area contributed by atoms with Crippen molar-refractivity contribution in [1.29, 1.82) is 0 Å². The Kier molecular flexibility index (Phi) is 3.41. The maximum absolute atomic E-state index is 10.8. The lowest BCUT2D eigenvalue weighted by Gasteiger charge is -2.13. The molecule has 1 N–H and O–H groups in total. The minimum Gasteiger partial charge on any atom is -0.490 e. The Hall–Kier alpha value is -2.30. The number of rotatable bonds is 4. The van der Waals surface area contributed by atoms with Crippen LogP contribution in [0.3, 0.4) is 0 Å². The highest BCUT2D eigenvalue weighted by atomic mass is 16.5. The molecule has 1 aromatic carbocycles. The Labute approximate surface area is 116 Å². The lowest BCUT2D eigenvalue weighted by atomic mass is 10.2. The number of hydrogen-bond donors (Lipinski definition) is 1. The number of carboxylic acids is 1. The molecule has 1 fully saturated rings. The molecule has 1 saturated carbocycles. The topological polar surface area (TPSA) is 64.3 Å². The molecule has 0 spiro atoms. The molecule has 0 radical (unpaired) electrons. The number of imidazole rings is 1. The van der Waals surface area contributed by atoms with E-state index in [9.17, 15) is 4.79 Å². The lowest BCUT2D eigenvalue weighted by Crippen LogP contribution is -2.10. The summed E-state index contributed by atoms with van der Waals surface area (Å²) in [5, 5.41) is 8.89. The van der Waals surface area contributed by atoms with Crippen LogP contribution in [0.4, 0.5) is 0 Å². The van der Waals surface area contributed by atoms with Crippen molar-refractivity contribution in [3.8, 4) is 11.4 Å². The van der Waals surface area contributed by atoms with Crippen molar-refractivity contribution in [1.82, 2.24) is 9.55 Å². The number of nitrogens with zero attached hydrogens (tertiary/aromatic N) is 2. The van der Waals surface area contributed by atoms with Crippen molar-refractivity contribution in [2.24, 2.45) is 0 Å². The van der Waals surface area contributed by atoms with Gasteiger partial charge in [0.1, 0.15) is 12.1 Å². The van der Waals surface area contributed by atoms with Crippen molar-refractivity contribution in [3.63, 3.8) is 0 Å². The maximum atomic E-state index is 10.8. The molecule has 0 unspecified atom stereocenters. The number of aromatic carboxylic acids is 1. The normalized spacial score (nSPS) is 15.4. The van der Waals surface area contributed by atoms with Crippen LogP contribution in [-0.4, -0.2) is 26.7 Å². The highest BCUT2D eigenvalue weighted by Gasteiger charge is 2.16. The van der Waals surface area contributed by atoms with Crippen molar-refractivity contribution in [2.45, 2.75) is 31.8 Å². The fourth-order valence-electron chi connectivity index (χ4n) is 2.49. The van der Waals surface area contributed by atoms with Crippen LogP contribution in [0, 0.1) is 0 Å². The van der Waals surface area contributed by atoms with E-state index < -0.39 is 5.97 Å². The molecule has 104 valence electrons. The molecule has 5 heteroatoms. The van der Waals surface area contributed by atoms with Gasteiger partial charge in [0.2, 0.25) is 0 Å². The molecule has 1 aliphatic rings. The van der Waals surface area contributed by atoms with Crippen LogP contribution in [0.5, 0.6) is 5.75 Å². The van der Waals surface area contributed by atoms with Crippen LogP contribution >= 0.6 is 0 Å². The van der Waals surface area contributed by atoms with Gasteiger partial charge in [0, 0.05) is 12.3 Å². The zero-order valence-corrected chi connectivity index (χ0v) is 11.0. The van der Waals surface area contributed by atoms with Gasteiger partial charge in [0.05, 0.1) is 11.8 Å². The quantitative estimate of drug-likeness (QED) is 0.929. The predicted molar refractivity (Wildman–Crippen MR) is 73.4 cm³/mol. The first-order chi connectivity index (χ1) is 9.72. The summed E-state index contributed by atoms with van der Waals surface area (Å²) in [5.41, 5.74) is 0.882. The van der Waals surface area contributed by atoms with Gasteiger partial charge in [-0.3, -0.25) is 0 Å². The average molecular weight is 272 g/mol. The van der Waals surface area contributed by atoms with E-state index in [1.807, 2.05) is 24.3 Å². The molecule has 0 amide bonds. The van der Waals surface area contributed by atoms with E-state index in [4.69, 9.17) is 9.84 Å². The van der Waals surface area contributed by atoms with E-state index in [2.05, 4.69) is 4.98 Å². The van der Waals surface area contributed by atoms with Gasteiger partial charge in [-0.25, -0.2) is 9.78 Å². The van der Waals surface area contributed by atoms with E-state index >= 15 is 0 Å². The van der Waals surface area contributed by atoms with Crippen molar-refractivity contribution in [3.05, 3.63) is 42.5 Å². The highest BCUT2D eigenvalue weighted by Crippen LogP contribution is 2.25. The zero-order chi connectivity index (χ0) is 13.9. The van der Waals surface area contributed by atoms with E-state index in [0.29, 0.717) is 6.10 Å². The molecule has 0 bridgehead atoms. The van der Waals surface area contributed by atoms with Gasteiger partial charge in [-0.1, -0.05) is 6.07 Å². The second kappa shape index (κ2) is 5.36. The van der Waals surface area contributed by atoms with Crippen LogP contribution < -0.4 is 4.74 Å². The fraction of sp³-hybridized carbons (Fsp3) is 0.333. The molecule has 2 aromatic rings. The summed E-state index contributed by atoms with van der Waals surface area (Å²) in [5.74, 6) is -0.206. The molecular weight excluding hydrogens is 256 g/mol. The minimum absolute atomic E-state index is 0.0344. The third-order valence-corrected chi connectivity index (χ3v) is 3.52. The zero-order valence-electron chi connectivity index (χ0n) is 11.0. The van der Waals surface area contributed by atoms with Crippen LogP contribution in [-0.2, 0) is 0 Å². The second-order valence-corrected chi connectivity index (χ2v) is 4.99. The molecule has 1 aromatic heterocycles. The van der Waals surface area contributed by atoms with E-state index in [-0.39, 0.29) is 5.69 Å². The number of ether oxygens (including phenoxy) is 1. The van der Waals surface area contributed by atoms with E-state index in [0.717, 1.165) is 24.3 Å². The molecule has 20 heavy (non-hydrogen) atoms. The number of carboxylic acid groups (broad SMARTS) is 1. The molecule has 1 heterocycles. The summed E-state index contributed by atoms with van der Waals surface area (Å²) in [7, 11) is 0. The molecule has 5 nitrogen and oxygen atoms in total. The summed E-state index contributed by atoms with van der Waals surface area (Å²) in [4.78, 5) is 14.7. The van der Waals surface area contributed by atoms with Crippen LogP contribution in [0.2, 0.25) is 0 Å². The third kappa shape index (κ3) is 2.66. The molecular formula is C15H16N2O3. The maximum Gasteiger partial charge on any atom is 0.356 e. The van der Waals surface area contributed by atoms with Crippen LogP contribution in [0.1, 0.15) is 36.2 Å². The molecule has 0 saturated heterocycles. The first-order valence-electron chi connectivity index (χ1n) is 6.77.